The number of benzene rings is 9. The van der Waals surface area contributed by atoms with Gasteiger partial charge in [-0.25, -0.2) is 0 Å². The topological polar surface area (TPSA) is 38.9 Å². The van der Waals surface area contributed by atoms with E-state index in [2.05, 4.69) is 263 Å². The van der Waals surface area contributed by atoms with Gasteiger partial charge in [0.25, 0.3) is 6.71 Å². The van der Waals surface area contributed by atoms with Crippen LogP contribution in [0, 0.1) is 31.8 Å². The third-order valence-electron chi connectivity index (χ3n) is 19.6. The Bertz CT molecular complexity index is 4960. The van der Waals surface area contributed by atoms with Crippen molar-refractivity contribution in [3.8, 4) is 45.1 Å². The van der Waals surface area contributed by atoms with Crippen molar-refractivity contribution in [2.24, 2.45) is 0 Å². The second-order valence-electron chi connectivity index (χ2n) is 30.8. The maximum atomic E-state index is 12.7. The molecule has 15 rings (SSSR count). The Kier molecular flexibility index (Phi) is 15.8. The minimum Gasteiger partial charge on any atom is -0.333 e. The number of imidazole rings is 1. The van der Waals surface area contributed by atoms with Gasteiger partial charge < -0.3 is 19.0 Å². The molecule has 6 heterocycles. The zero-order chi connectivity index (χ0) is 65.0. The predicted octanol–water partition coefficient (Wildman–Crippen LogP) is 21.1. The van der Waals surface area contributed by atoms with Crippen LogP contribution in [0.2, 0.25) is 0 Å². The Balaban J connectivity index is 0.000000433. The van der Waals surface area contributed by atoms with Crippen LogP contribution in [0.4, 0.5) is 21.5 Å². The molecule has 93 heavy (non-hydrogen) atoms. The minimum atomic E-state index is -0.275. The fraction of sp³-hybridized carbons (Fsp3) is 0.286. The second-order valence-corrected chi connectivity index (χ2v) is 31.9. The van der Waals surface area contributed by atoms with E-state index in [0.717, 1.165) is 44.8 Å². The van der Waals surface area contributed by atoms with Gasteiger partial charge in [0, 0.05) is 75.3 Å². The van der Waals surface area contributed by atoms with Gasteiger partial charge in [-0.3, -0.25) is 9.37 Å². The number of fused-ring (bicyclic) bond motifs is 10. The molecule has 3 aliphatic rings. The number of pyridine rings is 1. The van der Waals surface area contributed by atoms with E-state index in [-0.39, 0.29) is 54.3 Å². The van der Waals surface area contributed by atoms with E-state index in [9.17, 15) is 4.39 Å². The zero-order valence-corrected chi connectivity index (χ0v) is 60.4. The first-order valence-corrected chi connectivity index (χ1v) is 33.7. The quantitative estimate of drug-likeness (QED) is 0.123. The molecule has 0 N–H and O–H groups in total. The van der Waals surface area contributed by atoms with Crippen molar-refractivity contribution in [1.29, 1.82) is 0 Å². The smallest absolute Gasteiger partial charge is 0.252 e. The molecule has 0 bridgehead atoms. The van der Waals surface area contributed by atoms with Crippen molar-refractivity contribution < 1.29 is 24.5 Å². The first-order chi connectivity index (χ1) is 43.5. The number of rotatable bonds is 6. The average Bonchev–Trinajstić information content (AvgIpc) is 1.67. The van der Waals surface area contributed by atoms with Crippen LogP contribution in [0.5, 0.6) is 0 Å². The number of halogens is 1. The predicted molar refractivity (Wildman–Crippen MR) is 389 cm³/mol. The van der Waals surface area contributed by atoms with Crippen molar-refractivity contribution in [3.63, 3.8) is 0 Å². The fourth-order valence-electron chi connectivity index (χ4n) is 14.1. The number of para-hydroxylation sites is 1. The summed E-state index contributed by atoms with van der Waals surface area (Å²) >= 11 is 1.96. The molecule has 0 fully saturated rings. The minimum absolute atomic E-state index is 0. The van der Waals surface area contributed by atoms with E-state index in [1.807, 2.05) is 50.0 Å². The van der Waals surface area contributed by atoms with E-state index in [4.69, 9.17) is 4.98 Å². The fourth-order valence-corrected chi connectivity index (χ4v) is 15.3. The Hall–Kier alpha value is -7.81. The van der Waals surface area contributed by atoms with Gasteiger partial charge in [0.2, 0.25) is 0 Å². The third-order valence-corrected chi connectivity index (χ3v) is 20.6. The van der Waals surface area contributed by atoms with Crippen LogP contribution in [0.1, 0.15) is 167 Å². The van der Waals surface area contributed by atoms with Crippen molar-refractivity contribution in [1.82, 2.24) is 19.1 Å². The summed E-state index contributed by atoms with van der Waals surface area (Å²) in [5.41, 5.74) is 30.3. The third kappa shape index (κ3) is 10.9. The molecule has 9 aromatic carbocycles. The van der Waals surface area contributed by atoms with E-state index in [0.29, 0.717) is 11.8 Å². The first kappa shape index (κ1) is 63.9. The average molecular weight is 1420 g/mol. The molecular weight excluding hydrogens is 1330 g/mol. The Morgan fingerprint density at radius 1 is 0.516 bits per heavy atom. The van der Waals surface area contributed by atoms with E-state index in [1.54, 1.807) is 6.07 Å². The SMILES string of the molecule is CC(C)c1cccc(C(C)C)c1-n1c(-c2[c-]cccc2)nc2ccc(-c3cc4c5c(c3)-n3c6ccc(C(C)(C)C)cc6c6cc(C(C)(C)C)cc(c63)B5c3cc(C(C)(C)C)cc5c3N4c3ccc(C(C)(C)C)cc3S5)cc21.Cc1cnc(-c2[c-]cc(F)cc2)cc1C.[Ir]. The molecule has 0 saturated carbocycles. The van der Waals surface area contributed by atoms with Gasteiger partial charge in [-0.05, 0) is 180 Å². The molecule has 12 aromatic rings. The number of hydrogen-bond donors (Lipinski definition) is 0. The van der Waals surface area contributed by atoms with Crippen LogP contribution >= 0.6 is 11.8 Å². The van der Waals surface area contributed by atoms with Crippen LogP contribution in [-0.2, 0) is 41.8 Å². The van der Waals surface area contributed by atoms with E-state index >= 15 is 0 Å². The van der Waals surface area contributed by atoms with Gasteiger partial charge in [-0.2, -0.15) is 0 Å². The molecule has 9 heteroatoms. The molecular formula is C84H83BFIrN5S-2. The molecule has 1 radical (unpaired) electrons. The standard InChI is InChI=1S/C71H72BN4S.C13H11FN.Ir/c1-40(2)49-23-20-24-50(41(3)4)64(49)76-58-31-43(25-28-55(58)73-67(76)42-21-18-17-19-22-42)44-32-59-63-60(33-44)75-57-30-27-46(69(8,9)10)38-61(57)77-62-39-48(71(14,15)16)37-54(66(62)75)72(63)53-36-47(70(11,12)13)35-52-51-34-45(68(5,6)7)26-29-56(51)74(59)65(52)53;1-9-7-13(15-8-10(9)2)11-3-5-12(14)6-4-11;/h17-21,23-41H,1-16H3;3,5-8H,1-2H3;/q2*-1;. The molecule has 5 nitrogen and oxygen atoms in total. The normalized spacial score (nSPS) is 13.3. The summed E-state index contributed by atoms with van der Waals surface area (Å²) in [6, 6.07) is 65.0. The summed E-state index contributed by atoms with van der Waals surface area (Å²) in [5, 5.41) is 2.66. The Morgan fingerprint density at radius 2 is 1.16 bits per heavy atom. The van der Waals surface area contributed by atoms with E-state index in [1.165, 1.54) is 133 Å². The molecule has 0 unspecified atom stereocenters. The second kappa shape index (κ2) is 23.0. The number of hydrogen-bond acceptors (Lipinski definition) is 4. The molecule has 0 atom stereocenters. The molecule has 3 aliphatic heterocycles. The summed E-state index contributed by atoms with van der Waals surface area (Å²) in [6.07, 6.45) is 1.82. The van der Waals surface area contributed by atoms with Crippen LogP contribution in [0.25, 0.3) is 78.0 Å². The van der Waals surface area contributed by atoms with Gasteiger partial charge in [0.05, 0.1) is 33.7 Å². The van der Waals surface area contributed by atoms with Crippen molar-refractivity contribution in [2.45, 2.75) is 168 Å². The van der Waals surface area contributed by atoms with Gasteiger partial charge in [-0.1, -0.05) is 183 Å². The number of aryl methyl sites for hydroxylation is 2. The number of aromatic nitrogens is 4. The summed E-state index contributed by atoms with van der Waals surface area (Å²) < 4.78 is 17.8. The van der Waals surface area contributed by atoms with E-state index < -0.39 is 0 Å². The maximum Gasteiger partial charge on any atom is 0.252 e. The first-order valence-electron chi connectivity index (χ1n) is 32.9. The monoisotopic (exact) mass is 1420 g/mol. The molecule has 0 amide bonds. The molecule has 471 valence electrons. The van der Waals surface area contributed by atoms with Gasteiger partial charge in [-0.15, -0.1) is 65.7 Å². The van der Waals surface area contributed by atoms with Crippen LogP contribution in [0.15, 0.2) is 174 Å². The molecule has 0 spiro atoms. The molecule has 0 aliphatic carbocycles. The zero-order valence-electron chi connectivity index (χ0n) is 57.2. The summed E-state index contributed by atoms with van der Waals surface area (Å²) in [4.78, 5) is 15.1. The number of anilines is 3. The summed E-state index contributed by atoms with van der Waals surface area (Å²) in [5.74, 6) is 1.23. The van der Waals surface area contributed by atoms with Crippen LogP contribution in [0.3, 0.4) is 0 Å². The molecule has 0 saturated heterocycles. The number of nitrogens with zero attached hydrogens (tertiary/aromatic N) is 5. The summed E-state index contributed by atoms with van der Waals surface area (Å²) in [7, 11) is 0. The van der Waals surface area contributed by atoms with Crippen molar-refractivity contribution in [2.75, 3.05) is 4.90 Å². The van der Waals surface area contributed by atoms with Crippen LogP contribution < -0.4 is 21.3 Å². The van der Waals surface area contributed by atoms with Gasteiger partial charge in [0.15, 0.2) is 0 Å². The maximum absolute atomic E-state index is 12.7. The van der Waals surface area contributed by atoms with Crippen LogP contribution in [-0.4, -0.2) is 25.8 Å². The molecule has 3 aromatic heterocycles. The summed E-state index contributed by atoms with van der Waals surface area (Å²) in [6.45, 7) is 41.6. The van der Waals surface area contributed by atoms with Gasteiger partial charge in [0.1, 0.15) is 0 Å². The Morgan fingerprint density at radius 3 is 1.81 bits per heavy atom. The van der Waals surface area contributed by atoms with Gasteiger partial charge >= 0.3 is 0 Å². The Labute approximate surface area is 568 Å². The van der Waals surface area contributed by atoms with Crippen molar-refractivity contribution in [3.05, 3.63) is 226 Å². The largest absolute Gasteiger partial charge is 0.333 e. The van der Waals surface area contributed by atoms with Crippen molar-refractivity contribution >= 4 is 84.8 Å².